The molecule has 2 aliphatic heterocycles. The highest BCUT2D eigenvalue weighted by Crippen LogP contribution is 2.48. The maximum Gasteiger partial charge on any atom is 0.410 e. The van der Waals surface area contributed by atoms with Crippen LogP contribution in [0.2, 0.25) is 5.02 Å². The van der Waals surface area contributed by atoms with E-state index in [2.05, 4.69) is 30.1 Å². The number of aromatic nitrogens is 6. The van der Waals surface area contributed by atoms with Gasteiger partial charge < -0.3 is 57.6 Å². The van der Waals surface area contributed by atoms with E-state index < -0.39 is 87.4 Å². The van der Waals surface area contributed by atoms with Gasteiger partial charge in [-0.1, -0.05) is 16.8 Å². The lowest BCUT2D eigenvalue weighted by Crippen LogP contribution is -2.50. The van der Waals surface area contributed by atoms with E-state index in [1.807, 2.05) is 16.7 Å². The second-order valence-corrected chi connectivity index (χ2v) is 22.0. The number of carbonyl (C=O) groups excluding carboxylic acids is 4. The zero-order valence-electron chi connectivity index (χ0n) is 46.8. The number of benzene rings is 2. The minimum Gasteiger partial charge on any atom is -0.445 e. The van der Waals surface area contributed by atoms with Crippen molar-refractivity contribution in [2.24, 2.45) is 0 Å². The number of halogens is 6. The Bertz CT molecular complexity index is 3110. The van der Waals surface area contributed by atoms with Crippen LogP contribution in [0, 0.1) is 23.3 Å². The molecule has 0 unspecified atom stereocenters. The van der Waals surface area contributed by atoms with Gasteiger partial charge in [0.15, 0.2) is 11.6 Å². The third-order valence-corrected chi connectivity index (χ3v) is 15.2. The van der Waals surface area contributed by atoms with E-state index in [1.165, 1.54) is 4.90 Å². The Balaban J connectivity index is 0.666. The number of alkyl halides is 1. The maximum atomic E-state index is 14.5. The smallest absolute Gasteiger partial charge is 0.410 e. The summed E-state index contributed by atoms with van der Waals surface area (Å²) in [6.07, 6.45) is 4.36. The number of likely N-dealkylation sites (tertiary alicyclic amines) is 1. The molecule has 1 saturated heterocycles. The molecule has 3 amide bonds. The molecule has 0 saturated carbocycles. The number of imidazole rings is 1. The molecule has 7 rings (SSSR count). The van der Waals surface area contributed by atoms with Gasteiger partial charge in [-0.3, -0.25) is 23.8 Å². The van der Waals surface area contributed by atoms with Gasteiger partial charge >= 0.3 is 12.1 Å². The van der Waals surface area contributed by atoms with E-state index in [1.54, 1.807) is 47.2 Å². The first-order valence-corrected chi connectivity index (χ1v) is 29.6. The van der Waals surface area contributed by atoms with Gasteiger partial charge in [0.05, 0.1) is 146 Å². The van der Waals surface area contributed by atoms with Gasteiger partial charge in [-0.2, -0.15) is 8.78 Å². The molecule has 2 N–H and O–H groups in total. The molecular weight excluding hydrogens is 1180 g/mol. The van der Waals surface area contributed by atoms with Gasteiger partial charge in [0, 0.05) is 56.4 Å². The molecule has 85 heavy (non-hydrogen) atoms. The van der Waals surface area contributed by atoms with E-state index in [0.717, 1.165) is 11.1 Å². The maximum absolute atomic E-state index is 14.5. The van der Waals surface area contributed by atoms with Crippen molar-refractivity contribution in [3.8, 4) is 5.75 Å². The van der Waals surface area contributed by atoms with E-state index in [-0.39, 0.29) is 111 Å². The number of piperidine rings is 1. The number of hydrogen-bond donors (Lipinski definition) is 2. The molecular formula is C54H68ClF5N10O14S. The van der Waals surface area contributed by atoms with E-state index in [0.29, 0.717) is 86.3 Å². The third-order valence-electron chi connectivity index (χ3n) is 13.6. The van der Waals surface area contributed by atoms with Gasteiger partial charge in [0.2, 0.25) is 39.2 Å². The van der Waals surface area contributed by atoms with Crippen LogP contribution in [0.1, 0.15) is 62.5 Å². The van der Waals surface area contributed by atoms with Crippen LogP contribution in [0.15, 0.2) is 48.9 Å². The fourth-order valence-corrected chi connectivity index (χ4v) is 10.5. The first-order valence-electron chi connectivity index (χ1n) is 27.5. The summed E-state index contributed by atoms with van der Waals surface area (Å²) < 4.78 is 141. The standard InChI is InChI=1S/C54H68ClF5N10O14S/c1-37(83-53(74)67-15-9-54(10-16-67)40-6-12-61-33-45(40)70(52(54)73)35-46-64-43-30-38(55)4-5-44(43)69(46)14-3-2-11-56)32-63-85(75,76)29-8-47(71)62-13-19-78-27-28-82-36-39-34-68(66-65-39)17-20-79-22-24-81-26-25-80-23-21-77-18-7-48(72)84-51-49(59)41(57)31-42(58)50(51)60/h4-6,12,30-31,33-34,37,63H,2-3,7-11,13-29,32,35-36H2,1H3,(H,62,71)/t37-/m1/s1. The highest BCUT2D eigenvalue weighted by Gasteiger charge is 2.53. The molecule has 1 spiro atoms. The highest BCUT2D eigenvalue weighted by molar-refractivity contribution is 7.89. The van der Waals surface area contributed by atoms with Gasteiger partial charge in [0.1, 0.15) is 17.6 Å². The summed E-state index contributed by atoms with van der Waals surface area (Å²) in [6.45, 7) is 4.87. The molecule has 1 fully saturated rings. The molecule has 3 aromatic heterocycles. The van der Waals surface area contributed by atoms with Crippen molar-refractivity contribution in [3.63, 3.8) is 0 Å². The number of hydrogen-bond acceptors (Lipinski definition) is 18. The number of esters is 1. The predicted octanol–water partition coefficient (Wildman–Crippen LogP) is 5.11. The molecule has 2 aliphatic rings. The van der Waals surface area contributed by atoms with Crippen molar-refractivity contribution >= 4 is 62.2 Å². The lowest BCUT2D eigenvalue weighted by atomic mass is 9.74. The van der Waals surface area contributed by atoms with Crippen molar-refractivity contribution in [1.82, 2.24) is 44.5 Å². The quantitative estimate of drug-likeness (QED) is 0.0172. The second kappa shape index (κ2) is 32.8. The van der Waals surface area contributed by atoms with E-state index >= 15 is 0 Å². The van der Waals surface area contributed by atoms with Crippen molar-refractivity contribution in [2.45, 2.75) is 83.2 Å². The Morgan fingerprint density at radius 2 is 1.49 bits per heavy atom. The lowest BCUT2D eigenvalue weighted by Gasteiger charge is -2.38. The lowest BCUT2D eigenvalue weighted by molar-refractivity contribution is -0.136. The number of ether oxygens (including phenoxy) is 8. The number of sulfonamides is 1. The van der Waals surface area contributed by atoms with Crippen LogP contribution < -0.4 is 19.7 Å². The van der Waals surface area contributed by atoms with Gasteiger partial charge in [0.25, 0.3) is 0 Å². The first kappa shape index (κ1) is 66.0. The number of rotatable bonds is 37. The number of fused-ring (bicyclic) bond motifs is 3. The van der Waals surface area contributed by atoms with Crippen LogP contribution in [0.5, 0.6) is 5.75 Å². The molecule has 466 valence electrons. The van der Waals surface area contributed by atoms with E-state index in [9.17, 15) is 49.5 Å². The average Bonchev–Trinajstić information content (AvgIpc) is 2.07. The van der Waals surface area contributed by atoms with E-state index in [4.69, 9.17) is 49.7 Å². The minimum atomic E-state index is -3.91. The van der Waals surface area contributed by atoms with Crippen LogP contribution in [-0.2, 0) is 89.2 Å². The number of pyridine rings is 1. The van der Waals surface area contributed by atoms with Crippen LogP contribution >= 0.6 is 11.6 Å². The number of carbonyl (C=O) groups is 4. The third kappa shape index (κ3) is 19.2. The monoisotopic (exact) mass is 1240 g/mol. The fraction of sp³-hybridized carbons (Fsp3) is 0.556. The Labute approximate surface area is 491 Å². The first-order chi connectivity index (χ1) is 41.0. The summed E-state index contributed by atoms with van der Waals surface area (Å²) in [5.41, 5.74) is 2.62. The number of nitrogens with one attached hydrogen (secondary N) is 2. The van der Waals surface area contributed by atoms with Gasteiger partial charge in [-0.25, -0.2) is 36.4 Å². The largest absolute Gasteiger partial charge is 0.445 e. The summed E-state index contributed by atoms with van der Waals surface area (Å²) in [7, 11) is -3.91. The fourth-order valence-electron chi connectivity index (χ4n) is 9.20. The second-order valence-electron chi connectivity index (χ2n) is 19.6. The van der Waals surface area contributed by atoms with Gasteiger partial charge in [-0.05, 0) is 62.4 Å². The summed E-state index contributed by atoms with van der Waals surface area (Å²) >= 11 is 6.28. The molecule has 24 nitrogen and oxygen atoms in total. The van der Waals surface area contributed by atoms with Crippen LogP contribution in [-0.4, -0.2) is 184 Å². The van der Waals surface area contributed by atoms with Crippen molar-refractivity contribution in [3.05, 3.63) is 94.3 Å². The predicted molar refractivity (Wildman–Crippen MR) is 294 cm³/mol. The summed E-state index contributed by atoms with van der Waals surface area (Å²) in [4.78, 5) is 64.3. The highest BCUT2D eigenvalue weighted by atomic mass is 35.5. The summed E-state index contributed by atoms with van der Waals surface area (Å²) in [5.74, 6) is -10.1. The minimum absolute atomic E-state index is 0.00345. The molecule has 1 atom stereocenters. The van der Waals surface area contributed by atoms with Crippen molar-refractivity contribution in [1.29, 1.82) is 0 Å². The topological polar surface area (TPSA) is 268 Å². The molecule has 0 radical (unpaired) electrons. The molecule has 31 heteroatoms. The number of anilines is 1. The number of nitrogens with zero attached hydrogens (tertiary/aromatic N) is 8. The molecule has 2 aromatic carbocycles. The molecule has 0 aliphatic carbocycles. The van der Waals surface area contributed by atoms with Crippen LogP contribution in [0.4, 0.5) is 32.4 Å². The van der Waals surface area contributed by atoms with Crippen molar-refractivity contribution in [2.75, 3.05) is 116 Å². The van der Waals surface area contributed by atoms with Crippen molar-refractivity contribution < 1.29 is 87.4 Å². The molecule has 5 aromatic rings. The normalized spacial score (nSPS) is 14.4. The Kier molecular flexibility index (Phi) is 25.5. The Morgan fingerprint density at radius 1 is 0.824 bits per heavy atom. The SMILES string of the molecule is C[C@H](CNS(=O)(=O)CCC(=O)NCCOCCOCc1cn(CCOCCOCCOCCOCCC(=O)Oc2c(F)c(F)cc(F)c2F)nn1)OC(=O)N1CCC2(CC1)C(=O)N(Cc1nc3cc(Cl)ccc3n1CCCCF)c1cnccc12. The summed E-state index contributed by atoms with van der Waals surface area (Å²) in [6, 6.07) is 7.23. The zero-order chi connectivity index (χ0) is 60.8. The van der Waals surface area contributed by atoms with Crippen LogP contribution in [0.25, 0.3) is 11.0 Å². The Morgan fingerprint density at radius 3 is 2.20 bits per heavy atom. The van der Waals surface area contributed by atoms with Gasteiger partial charge in [-0.15, -0.1) is 5.10 Å². The average molecular weight is 1240 g/mol. The van der Waals surface area contributed by atoms with Crippen LogP contribution in [0.3, 0.4) is 0 Å². The number of unbranched alkanes of at least 4 members (excludes halogenated alkanes) is 1. The summed E-state index contributed by atoms with van der Waals surface area (Å²) in [5, 5.41) is 11.2. The Hall–Kier alpha value is -6.51. The molecule has 5 heterocycles. The number of amides is 3. The number of aryl methyl sites for hydroxylation is 1. The molecule has 0 bridgehead atoms. The zero-order valence-corrected chi connectivity index (χ0v) is 48.3.